The number of benzene rings is 1. The number of anilines is 1. The van der Waals surface area contributed by atoms with Crippen LogP contribution in [0.2, 0.25) is 5.02 Å². The van der Waals surface area contributed by atoms with Crippen molar-refractivity contribution in [3.63, 3.8) is 0 Å². The zero-order valence-electron chi connectivity index (χ0n) is 25.6. The molecule has 5 aliphatic rings. The first-order valence-electron chi connectivity index (χ1n) is 16.2. The lowest BCUT2D eigenvalue weighted by Gasteiger charge is -2.38. The number of fused-ring (bicyclic) bond motifs is 1. The van der Waals surface area contributed by atoms with Gasteiger partial charge >= 0.3 is 0 Å². The van der Waals surface area contributed by atoms with Crippen LogP contribution in [-0.4, -0.2) is 102 Å². The minimum Gasteiger partial charge on any atom is -0.359 e. The van der Waals surface area contributed by atoms with Gasteiger partial charge in [0.05, 0.1) is 17.9 Å². The van der Waals surface area contributed by atoms with Crippen LogP contribution in [0.25, 0.3) is 0 Å². The maximum atomic E-state index is 14.3. The molecule has 10 heteroatoms. The summed E-state index contributed by atoms with van der Waals surface area (Å²) in [5, 5.41) is 6.81. The first-order chi connectivity index (χ1) is 20.7. The standard InChI is InChI=1S/C33H46ClN5O4/c1-4-37-16-18-38(19-17-37)14-7-15-39-29(31(41)36-25-11-5-8-21(2)22(25)3)33-13-12-26(43-33)27(28(33)32(39)42)30(40)35-24-10-6-9-23(34)20-24/h6,9-10,12-13,20-22,25-29H,4-5,7-8,11,14-19H2,1-3H3,(H,35,40)(H,36,41). The van der Waals surface area contributed by atoms with Crippen molar-refractivity contribution in [1.29, 1.82) is 0 Å². The van der Waals surface area contributed by atoms with Crippen molar-refractivity contribution in [2.75, 3.05) is 51.1 Å². The maximum absolute atomic E-state index is 14.3. The average Bonchev–Trinajstić information content (AvgIpc) is 3.63. The molecule has 4 aliphatic heterocycles. The molecule has 1 aromatic carbocycles. The molecular formula is C33H46ClN5O4. The quantitative estimate of drug-likeness (QED) is 0.416. The number of piperazine rings is 1. The molecule has 1 aromatic rings. The third-order valence-electron chi connectivity index (χ3n) is 10.8. The van der Waals surface area contributed by atoms with Gasteiger partial charge in [-0.05, 0) is 56.0 Å². The third-order valence-corrected chi connectivity index (χ3v) is 11.1. The molecule has 0 radical (unpaired) electrons. The summed E-state index contributed by atoms with van der Waals surface area (Å²) in [6.07, 6.45) is 7.13. The predicted octanol–water partition coefficient (Wildman–Crippen LogP) is 3.40. The van der Waals surface area contributed by atoms with Gasteiger partial charge in [-0.3, -0.25) is 14.4 Å². The van der Waals surface area contributed by atoms with Crippen LogP contribution in [0.5, 0.6) is 0 Å². The molecule has 43 heavy (non-hydrogen) atoms. The van der Waals surface area contributed by atoms with Crippen LogP contribution in [0, 0.1) is 23.7 Å². The number of amides is 3. The van der Waals surface area contributed by atoms with Crippen LogP contribution in [0.4, 0.5) is 5.69 Å². The van der Waals surface area contributed by atoms with E-state index in [2.05, 4.69) is 41.2 Å². The smallest absolute Gasteiger partial charge is 0.246 e. The molecule has 9 nitrogen and oxygen atoms in total. The van der Waals surface area contributed by atoms with E-state index in [1.807, 2.05) is 12.2 Å². The van der Waals surface area contributed by atoms with E-state index in [0.29, 0.717) is 29.1 Å². The number of likely N-dealkylation sites (tertiary alicyclic amines) is 1. The Balaban J connectivity index is 1.22. The van der Waals surface area contributed by atoms with Crippen molar-refractivity contribution in [2.45, 2.75) is 70.2 Å². The van der Waals surface area contributed by atoms with Crippen molar-refractivity contribution < 1.29 is 19.1 Å². The van der Waals surface area contributed by atoms with Gasteiger partial charge in [0, 0.05) is 49.5 Å². The molecule has 4 heterocycles. The van der Waals surface area contributed by atoms with E-state index in [-0.39, 0.29) is 23.8 Å². The topological polar surface area (TPSA) is 94.2 Å². The van der Waals surface area contributed by atoms with Gasteiger partial charge in [0.15, 0.2) is 0 Å². The second kappa shape index (κ2) is 12.5. The first-order valence-corrected chi connectivity index (χ1v) is 16.6. The number of rotatable bonds is 9. The number of hydrogen-bond donors (Lipinski definition) is 2. The van der Waals surface area contributed by atoms with Crippen LogP contribution >= 0.6 is 11.6 Å². The maximum Gasteiger partial charge on any atom is 0.246 e. The van der Waals surface area contributed by atoms with Crippen molar-refractivity contribution in [3.05, 3.63) is 41.4 Å². The number of nitrogens with zero attached hydrogens (tertiary/aromatic N) is 3. The van der Waals surface area contributed by atoms with E-state index in [1.165, 1.54) is 0 Å². The fourth-order valence-electron chi connectivity index (χ4n) is 8.14. The molecule has 2 N–H and O–H groups in total. The molecule has 3 saturated heterocycles. The average molecular weight is 612 g/mol. The number of halogens is 1. The summed E-state index contributed by atoms with van der Waals surface area (Å²) >= 11 is 6.16. The van der Waals surface area contributed by atoms with E-state index in [0.717, 1.165) is 65.0 Å². The summed E-state index contributed by atoms with van der Waals surface area (Å²) in [6, 6.07) is 6.23. The molecule has 6 rings (SSSR count). The summed E-state index contributed by atoms with van der Waals surface area (Å²) in [5.74, 6) is -1.23. The normalized spacial score (nSPS) is 35.8. The molecule has 234 valence electrons. The molecule has 4 fully saturated rings. The minimum atomic E-state index is -1.15. The Morgan fingerprint density at radius 1 is 1.07 bits per heavy atom. The molecule has 8 atom stereocenters. The summed E-state index contributed by atoms with van der Waals surface area (Å²) < 4.78 is 6.53. The van der Waals surface area contributed by atoms with Gasteiger partial charge in [0.25, 0.3) is 0 Å². The fraction of sp³-hybridized carbons (Fsp3) is 0.667. The van der Waals surface area contributed by atoms with Gasteiger partial charge in [-0.15, -0.1) is 0 Å². The fourth-order valence-corrected chi connectivity index (χ4v) is 8.33. The van der Waals surface area contributed by atoms with Crippen molar-refractivity contribution in [3.8, 4) is 0 Å². The lowest BCUT2D eigenvalue weighted by Crippen LogP contribution is -2.58. The Kier molecular flexibility index (Phi) is 8.89. The molecule has 1 saturated carbocycles. The number of carbonyl (C=O) groups excluding carboxylic acids is 3. The third kappa shape index (κ3) is 5.74. The zero-order chi connectivity index (χ0) is 30.3. The largest absolute Gasteiger partial charge is 0.359 e. The monoisotopic (exact) mass is 611 g/mol. The van der Waals surface area contributed by atoms with E-state index in [1.54, 1.807) is 29.2 Å². The second-order valence-electron chi connectivity index (χ2n) is 13.2. The number of ether oxygens (including phenoxy) is 1. The Morgan fingerprint density at radius 2 is 1.84 bits per heavy atom. The molecular weight excluding hydrogens is 566 g/mol. The molecule has 8 unspecified atom stereocenters. The van der Waals surface area contributed by atoms with Crippen molar-refractivity contribution in [2.24, 2.45) is 23.7 Å². The number of hydrogen-bond acceptors (Lipinski definition) is 6. The minimum absolute atomic E-state index is 0.0584. The Hall–Kier alpha value is -2.46. The molecule has 0 aromatic heterocycles. The van der Waals surface area contributed by atoms with Gasteiger partial charge in [-0.1, -0.05) is 63.4 Å². The first kappa shape index (κ1) is 30.6. The SMILES string of the molecule is CCN1CCN(CCCN2C(=O)C3C(C(=O)Nc4cccc(Cl)c4)C4C=CC3(O4)C2C(=O)NC2CCCC(C)C2C)CC1. The van der Waals surface area contributed by atoms with Gasteiger partial charge in [0.2, 0.25) is 17.7 Å². The van der Waals surface area contributed by atoms with Crippen LogP contribution < -0.4 is 10.6 Å². The van der Waals surface area contributed by atoms with Crippen LogP contribution in [0.15, 0.2) is 36.4 Å². The molecule has 1 aliphatic carbocycles. The predicted molar refractivity (Wildman–Crippen MR) is 167 cm³/mol. The highest BCUT2D eigenvalue weighted by atomic mass is 35.5. The summed E-state index contributed by atoms with van der Waals surface area (Å²) in [6.45, 7) is 13.1. The van der Waals surface area contributed by atoms with Gasteiger partial charge in [0.1, 0.15) is 11.6 Å². The lowest BCUT2D eigenvalue weighted by atomic mass is 9.73. The van der Waals surface area contributed by atoms with Crippen molar-refractivity contribution in [1.82, 2.24) is 20.0 Å². The summed E-state index contributed by atoms with van der Waals surface area (Å²) in [5.41, 5.74) is -0.586. The zero-order valence-corrected chi connectivity index (χ0v) is 26.4. The van der Waals surface area contributed by atoms with E-state index < -0.39 is 29.6 Å². The van der Waals surface area contributed by atoms with E-state index in [9.17, 15) is 14.4 Å². The van der Waals surface area contributed by atoms with Crippen LogP contribution in [0.3, 0.4) is 0 Å². The summed E-state index contributed by atoms with van der Waals surface area (Å²) in [7, 11) is 0. The van der Waals surface area contributed by atoms with E-state index >= 15 is 0 Å². The van der Waals surface area contributed by atoms with Crippen LogP contribution in [-0.2, 0) is 19.1 Å². The Morgan fingerprint density at radius 3 is 2.58 bits per heavy atom. The Bertz CT molecular complexity index is 1250. The van der Waals surface area contributed by atoms with Gasteiger partial charge in [-0.25, -0.2) is 0 Å². The molecule has 1 spiro atoms. The molecule has 2 bridgehead atoms. The summed E-state index contributed by atoms with van der Waals surface area (Å²) in [4.78, 5) is 48.8. The number of carbonyl (C=O) groups is 3. The lowest BCUT2D eigenvalue weighted by molar-refractivity contribution is -0.141. The van der Waals surface area contributed by atoms with E-state index in [4.69, 9.17) is 16.3 Å². The highest BCUT2D eigenvalue weighted by Gasteiger charge is 2.72. The van der Waals surface area contributed by atoms with Gasteiger partial charge in [-0.2, -0.15) is 0 Å². The van der Waals surface area contributed by atoms with Crippen molar-refractivity contribution >= 4 is 35.0 Å². The number of likely N-dealkylation sites (N-methyl/N-ethyl adjacent to an activating group) is 1. The highest BCUT2D eigenvalue weighted by molar-refractivity contribution is 6.30. The highest BCUT2D eigenvalue weighted by Crippen LogP contribution is 2.55. The number of nitrogens with one attached hydrogen (secondary N) is 2. The Labute approximate surface area is 260 Å². The van der Waals surface area contributed by atoms with Crippen LogP contribution in [0.1, 0.15) is 46.5 Å². The second-order valence-corrected chi connectivity index (χ2v) is 13.7. The van der Waals surface area contributed by atoms with Gasteiger partial charge < -0.3 is 30.1 Å². The molecule has 3 amide bonds.